The fourth-order valence-corrected chi connectivity index (χ4v) is 2.94. The van der Waals surface area contributed by atoms with E-state index < -0.39 is 0 Å². The van der Waals surface area contributed by atoms with Crippen LogP contribution in [0, 0.1) is 5.92 Å². The molecule has 0 spiro atoms. The second-order valence-corrected chi connectivity index (χ2v) is 5.96. The lowest BCUT2D eigenvalue weighted by molar-refractivity contribution is -0.120. The predicted molar refractivity (Wildman–Crippen MR) is 87.1 cm³/mol. The van der Waals surface area contributed by atoms with Crippen LogP contribution in [0.5, 0.6) is 0 Å². The molecule has 2 heterocycles. The van der Waals surface area contributed by atoms with Gasteiger partial charge in [0.05, 0.1) is 11.4 Å². The first-order valence-electron chi connectivity index (χ1n) is 7.05. The number of carbonyl (C=O) groups excluding carboxylic acids is 2. The Morgan fingerprint density at radius 2 is 2.24 bits per heavy atom. The summed E-state index contributed by atoms with van der Waals surface area (Å²) >= 11 is 1.37. The number of piperidine rings is 1. The minimum Gasteiger partial charge on any atom is -0.355 e. The third kappa shape index (κ3) is 6.46. The molecule has 1 aliphatic rings. The van der Waals surface area contributed by atoms with Crippen LogP contribution in [-0.4, -0.2) is 38.0 Å². The molecule has 2 rings (SSSR count). The van der Waals surface area contributed by atoms with E-state index in [-0.39, 0.29) is 30.8 Å². The van der Waals surface area contributed by atoms with Crippen LogP contribution in [0.3, 0.4) is 0 Å². The van der Waals surface area contributed by atoms with Gasteiger partial charge in [0.25, 0.3) is 5.91 Å². The largest absolute Gasteiger partial charge is 0.355 e. The Kier molecular flexibility index (Phi) is 8.34. The van der Waals surface area contributed by atoms with Crippen molar-refractivity contribution in [3.63, 3.8) is 0 Å². The van der Waals surface area contributed by atoms with Crippen molar-refractivity contribution >= 4 is 35.6 Å². The molecular formula is C14H22ClN3O2S. The Morgan fingerprint density at radius 1 is 1.38 bits per heavy atom. The second-order valence-electron chi connectivity index (χ2n) is 5.01. The monoisotopic (exact) mass is 331 g/mol. The predicted octanol–water partition coefficient (Wildman–Crippen LogP) is 1.41. The van der Waals surface area contributed by atoms with Gasteiger partial charge in [-0.1, -0.05) is 6.07 Å². The van der Waals surface area contributed by atoms with Gasteiger partial charge >= 0.3 is 0 Å². The summed E-state index contributed by atoms with van der Waals surface area (Å²) in [5, 5.41) is 10.7. The molecule has 1 aromatic rings. The van der Waals surface area contributed by atoms with Gasteiger partial charge in [-0.2, -0.15) is 0 Å². The lowest BCUT2D eigenvalue weighted by atomic mass is 9.96. The van der Waals surface area contributed by atoms with Crippen molar-refractivity contribution in [2.75, 3.05) is 26.2 Å². The highest BCUT2D eigenvalue weighted by atomic mass is 35.5. The van der Waals surface area contributed by atoms with E-state index in [1.165, 1.54) is 24.2 Å². The summed E-state index contributed by atoms with van der Waals surface area (Å²) < 4.78 is 0. The van der Waals surface area contributed by atoms with Gasteiger partial charge in [0.15, 0.2) is 0 Å². The quantitative estimate of drug-likeness (QED) is 0.738. The highest BCUT2D eigenvalue weighted by Gasteiger charge is 2.13. The van der Waals surface area contributed by atoms with Gasteiger partial charge in [0, 0.05) is 6.54 Å². The van der Waals surface area contributed by atoms with Gasteiger partial charge in [-0.15, -0.1) is 23.7 Å². The van der Waals surface area contributed by atoms with Crippen molar-refractivity contribution in [1.29, 1.82) is 0 Å². The van der Waals surface area contributed by atoms with Crippen LogP contribution in [0.25, 0.3) is 0 Å². The minimum atomic E-state index is -0.188. The lowest BCUT2D eigenvalue weighted by Crippen LogP contribution is -2.38. The first-order valence-corrected chi connectivity index (χ1v) is 7.93. The summed E-state index contributed by atoms with van der Waals surface area (Å²) in [7, 11) is 0. The van der Waals surface area contributed by atoms with Crippen molar-refractivity contribution in [2.45, 2.75) is 19.3 Å². The third-order valence-electron chi connectivity index (χ3n) is 3.43. The average molecular weight is 332 g/mol. The van der Waals surface area contributed by atoms with E-state index in [1.54, 1.807) is 6.07 Å². The van der Waals surface area contributed by atoms with Gasteiger partial charge in [-0.05, 0) is 49.7 Å². The molecule has 1 saturated heterocycles. The van der Waals surface area contributed by atoms with E-state index in [0.717, 1.165) is 19.5 Å². The van der Waals surface area contributed by atoms with Crippen molar-refractivity contribution in [3.8, 4) is 0 Å². The zero-order valence-electron chi connectivity index (χ0n) is 11.9. The smallest absolute Gasteiger partial charge is 0.261 e. The van der Waals surface area contributed by atoms with Gasteiger partial charge in [0.2, 0.25) is 5.91 Å². The van der Waals surface area contributed by atoms with Crippen molar-refractivity contribution in [1.82, 2.24) is 16.0 Å². The highest BCUT2D eigenvalue weighted by Crippen LogP contribution is 2.12. The van der Waals surface area contributed by atoms with E-state index in [9.17, 15) is 9.59 Å². The maximum atomic E-state index is 11.6. The number of rotatable bonds is 6. The van der Waals surface area contributed by atoms with E-state index in [4.69, 9.17) is 0 Å². The van der Waals surface area contributed by atoms with E-state index >= 15 is 0 Å². The van der Waals surface area contributed by atoms with E-state index in [1.807, 2.05) is 11.4 Å². The number of hydrogen-bond donors (Lipinski definition) is 3. The molecule has 2 amide bonds. The molecule has 1 fully saturated rings. The Labute approximate surface area is 135 Å². The Bertz CT molecular complexity index is 433. The summed E-state index contributed by atoms with van der Waals surface area (Å²) in [5.41, 5.74) is 0. The molecular weight excluding hydrogens is 310 g/mol. The molecule has 3 N–H and O–H groups in total. The summed E-state index contributed by atoms with van der Waals surface area (Å²) in [6, 6.07) is 3.56. The summed E-state index contributed by atoms with van der Waals surface area (Å²) in [6.45, 7) is 2.88. The molecule has 118 valence electrons. The van der Waals surface area contributed by atoms with Crippen LogP contribution >= 0.6 is 23.7 Å². The Morgan fingerprint density at radius 3 is 2.90 bits per heavy atom. The zero-order valence-corrected chi connectivity index (χ0v) is 13.5. The molecule has 0 bridgehead atoms. The minimum absolute atomic E-state index is 0. The standard InChI is InChI=1S/C14H21N3O2S.ClH/c18-13(10-17-14(19)12-4-2-8-20-12)16-7-5-11-3-1-6-15-9-11;/h2,4,8,11,15H,1,3,5-7,9-10H2,(H,16,18)(H,17,19);1H. The number of amides is 2. The molecule has 1 aromatic heterocycles. The Hall–Kier alpha value is -1.11. The number of thiophene rings is 1. The first kappa shape index (κ1) is 17.9. The van der Waals surface area contributed by atoms with Crippen LogP contribution in [0.4, 0.5) is 0 Å². The van der Waals surface area contributed by atoms with E-state index in [2.05, 4.69) is 16.0 Å². The second kappa shape index (κ2) is 9.76. The number of carbonyl (C=O) groups is 2. The maximum Gasteiger partial charge on any atom is 0.261 e. The summed E-state index contributed by atoms with van der Waals surface area (Å²) in [6.07, 6.45) is 3.45. The highest BCUT2D eigenvalue weighted by molar-refractivity contribution is 7.12. The van der Waals surface area contributed by atoms with Crippen molar-refractivity contribution in [3.05, 3.63) is 22.4 Å². The molecule has 5 nitrogen and oxygen atoms in total. The molecule has 1 aliphatic heterocycles. The van der Waals surface area contributed by atoms with Gasteiger partial charge in [-0.3, -0.25) is 9.59 Å². The zero-order chi connectivity index (χ0) is 14.2. The lowest BCUT2D eigenvalue weighted by Gasteiger charge is -2.22. The molecule has 7 heteroatoms. The van der Waals surface area contributed by atoms with Crippen molar-refractivity contribution in [2.24, 2.45) is 5.92 Å². The SMILES string of the molecule is Cl.O=C(CNC(=O)c1cccs1)NCCC1CCCNC1. The Balaban J connectivity index is 0.00000220. The fraction of sp³-hybridized carbons (Fsp3) is 0.571. The van der Waals surface area contributed by atoms with Crippen LogP contribution in [0.2, 0.25) is 0 Å². The molecule has 1 atom stereocenters. The van der Waals surface area contributed by atoms with Gasteiger partial charge in [0.1, 0.15) is 0 Å². The molecule has 0 aromatic carbocycles. The van der Waals surface area contributed by atoms with Crippen LogP contribution in [0.1, 0.15) is 28.9 Å². The molecule has 1 unspecified atom stereocenters. The normalized spacial score (nSPS) is 17.6. The van der Waals surface area contributed by atoms with Gasteiger partial charge < -0.3 is 16.0 Å². The van der Waals surface area contributed by atoms with Crippen molar-refractivity contribution < 1.29 is 9.59 Å². The maximum absolute atomic E-state index is 11.6. The number of hydrogen-bond acceptors (Lipinski definition) is 4. The fourth-order valence-electron chi connectivity index (χ4n) is 2.30. The first-order chi connectivity index (χ1) is 9.75. The molecule has 0 saturated carbocycles. The van der Waals surface area contributed by atoms with Crippen LogP contribution < -0.4 is 16.0 Å². The number of halogens is 1. The third-order valence-corrected chi connectivity index (χ3v) is 4.30. The molecule has 0 aliphatic carbocycles. The van der Waals surface area contributed by atoms with Crippen LogP contribution in [-0.2, 0) is 4.79 Å². The summed E-state index contributed by atoms with van der Waals surface area (Å²) in [4.78, 5) is 23.9. The van der Waals surface area contributed by atoms with E-state index in [0.29, 0.717) is 17.3 Å². The van der Waals surface area contributed by atoms with Gasteiger partial charge in [-0.25, -0.2) is 0 Å². The molecule has 0 radical (unpaired) electrons. The average Bonchev–Trinajstić information content (AvgIpc) is 3.00. The summed E-state index contributed by atoms with van der Waals surface area (Å²) in [5.74, 6) is 0.343. The number of nitrogens with one attached hydrogen (secondary N) is 3. The molecule has 21 heavy (non-hydrogen) atoms. The topological polar surface area (TPSA) is 70.2 Å². The van der Waals surface area contributed by atoms with Crippen LogP contribution in [0.15, 0.2) is 17.5 Å².